The van der Waals surface area contributed by atoms with Gasteiger partial charge in [0.05, 0.1) is 56.8 Å². The molecule has 9 rings (SSSR count). The van der Waals surface area contributed by atoms with Crippen molar-refractivity contribution >= 4 is 44.4 Å². The third-order valence-electron chi connectivity index (χ3n) is 9.83. The molecule has 0 saturated heterocycles. The molecule has 0 unspecified atom stereocenters. The molecule has 2 aromatic heterocycles. The summed E-state index contributed by atoms with van der Waals surface area (Å²) in [6.07, 6.45) is 6.74. The van der Waals surface area contributed by atoms with Crippen molar-refractivity contribution in [1.82, 2.24) is 9.13 Å². The Balaban J connectivity index is 1.17. The molecule has 0 fully saturated rings. The van der Waals surface area contributed by atoms with E-state index in [2.05, 4.69) is 143 Å². The first-order chi connectivity index (χ1) is 25.2. The molecule has 8 aromatic rings. The zero-order chi connectivity index (χ0) is 34.5. The van der Waals surface area contributed by atoms with E-state index < -0.39 is 0 Å². The Bertz CT molecular complexity index is 2860. The molecule has 0 amide bonds. The molecular weight excluding hydrogens is 623 g/mol. The van der Waals surface area contributed by atoms with Gasteiger partial charge in [0.2, 0.25) is 0 Å². The predicted octanol–water partition coefficient (Wildman–Crippen LogP) is 11.1. The first kappa shape index (κ1) is 29.7. The van der Waals surface area contributed by atoms with Gasteiger partial charge in [-0.25, -0.2) is 0 Å². The SMILES string of the molecule is N#CC1=CCC=Cc2c1n(-c1ccc(-c3cccc(-c4cc(C#N)ccc4-n4c5ccccc5c5ccccc54)c3)cc1)c1ccc(C#N)cc21. The van der Waals surface area contributed by atoms with Crippen LogP contribution in [0.5, 0.6) is 0 Å². The van der Waals surface area contributed by atoms with Gasteiger partial charge in [-0.15, -0.1) is 0 Å². The van der Waals surface area contributed by atoms with E-state index in [1.807, 2.05) is 36.4 Å². The van der Waals surface area contributed by atoms with Crippen LogP contribution in [0.15, 0.2) is 146 Å². The molecule has 6 aromatic carbocycles. The number of hydrogen-bond acceptors (Lipinski definition) is 3. The van der Waals surface area contributed by atoms with Gasteiger partial charge in [0.1, 0.15) is 6.07 Å². The zero-order valence-corrected chi connectivity index (χ0v) is 27.4. The monoisotopic (exact) mass is 649 g/mol. The van der Waals surface area contributed by atoms with Crippen LogP contribution in [0, 0.1) is 34.0 Å². The molecule has 1 aliphatic rings. The molecule has 0 N–H and O–H groups in total. The number of fused-ring (bicyclic) bond motifs is 6. The van der Waals surface area contributed by atoms with Crippen molar-refractivity contribution in [2.75, 3.05) is 0 Å². The maximum absolute atomic E-state index is 10.2. The number of aromatic nitrogens is 2. The summed E-state index contributed by atoms with van der Waals surface area (Å²) < 4.78 is 4.42. The van der Waals surface area contributed by atoms with E-state index in [9.17, 15) is 15.8 Å². The second-order valence-corrected chi connectivity index (χ2v) is 12.7. The quantitative estimate of drug-likeness (QED) is 0.190. The highest BCUT2D eigenvalue weighted by atomic mass is 15.0. The average Bonchev–Trinajstić information content (AvgIpc) is 3.60. The van der Waals surface area contributed by atoms with Crippen LogP contribution in [0.3, 0.4) is 0 Å². The molecule has 0 saturated carbocycles. The highest BCUT2D eigenvalue weighted by Gasteiger charge is 2.22. The molecule has 0 radical (unpaired) electrons. The van der Waals surface area contributed by atoms with Crippen LogP contribution in [-0.2, 0) is 0 Å². The van der Waals surface area contributed by atoms with Gasteiger partial charge >= 0.3 is 0 Å². The molecule has 0 bridgehead atoms. The molecule has 51 heavy (non-hydrogen) atoms. The lowest BCUT2D eigenvalue weighted by Gasteiger charge is -2.16. The largest absolute Gasteiger partial charge is 0.309 e. The molecule has 2 heterocycles. The molecule has 236 valence electrons. The van der Waals surface area contributed by atoms with Crippen LogP contribution in [-0.4, -0.2) is 9.13 Å². The number of allylic oxidation sites excluding steroid dienone is 3. The van der Waals surface area contributed by atoms with E-state index >= 15 is 0 Å². The summed E-state index contributed by atoms with van der Waals surface area (Å²) >= 11 is 0. The van der Waals surface area contributed by atoms with Crippen molar-refractivity contribution in [3.63, 3.8) is 0 Å². The Morgan fingerprint density at radius 3 is 1.90 bits per heavy atom. The fraction of sp³-hybridized carbons (Fsp3) is 0.0217. The highest BCUT2D eigenvalue weighted by Crippen LogP contribution is 2.39. The van der Waals surface area contributed by atoms with E-state index in [1.165, 1.54) is 10.8 Å². The average molecular weight is 650 g/mol. The van der Waals surface area contributed by atoms with Crippen molar-refractivity contribution in [3.05, 3.63) is 168 Å². The maximum atomic E-state index is 10.2. The Hall–Kier alpha value is -7.39. The number of para-hydroxylation sites is 2. The third kappa shape index (κ3) is 4.75. The van der Waals surface area contributed by atoms with Gasteiger partial charge in [0.25, 0.3) is 0 Å². The van der Waals surface area contributed by atoms with E-state index in [1.54, 1.807) is 0 Å². The van der Waals surface area contributed by atoms with Crippen LogP contribution in [0.1, 0.15) is 28.8 Å². The molecule has 5 heteroatoms. The minimum atomic E-state index is 0.583. The second-order valence-electron chi connectivity index (χ2n) is 12.7. The minimum Gasteiger partial charge on any atom is -0.309 e. The molecule has 0 aliphatic heterocycles. The Morgan fingerprint density at radius 1 is 0.510 bits per heavy atom. The summed E-state index contributed by atoms with van der Waals surface area (Å²) in [6.45, 7) is 0. The summed E-state index contributed by atoms with van der Waals surface area (Å²) in [5.74, 6) is 0. The summed E-state index contributed by atoms with van der Waals surface area (Å²) in [5.41, 5.74) is 12.8. The fourth-order valence-corrected chi connectivity index (χ4v) is 7.54. The topological polar surface area (TPSA) is 81.2 Å². The Morgan fingerprint density at radius 2 is 1.18 bits per heavy atom. The van der Waals surface area contributed by atoms with Gasteiger partial charge in [-0.3, -0.25) is 0 Å². The van der Waals surface area contributed by atoms with E-state index in [0.717, 1.165) is 66.8 Å². The van der Waals surface area contributed by atoms with Gasteiger partial charge in [-0.1, -0.05) is 85.0 Å². The molecule has 0 atom stereocenters. The van der Waals surface area contributed by atoms with Crippen LogP contribution < -0.4 is 0 Å². The van der Waals surface area contributed by atoms with E-state index in [-0.39, 0.29) is 0 Å². The summed E-state index contributed by atoms with van der Waals surface area (Å²) in [7, 11) is 0. The first-order valence-corrected chi connectivity index (χ1v) is 16.8. The lowest BCUT2D eigenvalue weighted by Crippen LogP contribution is -2.00. The van der Waals surface area contributed by atoms with Crippen molar-refractivity contribution < 1.29 is 0 Å². The highest BCUT2D eigenvalue weighted by molar-refractivity contribution is 6.10. The normalized spacial score (nSPS) is 12.2. The zero-order valence-electron chi connectivity index (χ0n) is 27.4. The van der Waals surface area contributed by atoms with Gasteiger partial charge in [0.15, 0.2) is 0 Å². The molecule has 1 aliphatic carbocycles. The van der Waals surface area contributed by atoms with Gasteiger partial charge in [0, 0.05) is 33.0 Å². The Labute approximate surface area is 294 Å². The number of benzene rings is 6. The van der Waals surface area contributed by atoms with Crippen molar-refractivity contribution in [1.29, 1.82) is 15.8 Å². The molecular formula is C46H27N5. The smallest absolute Gasteiger partial charge is 0.101 e. The fourth-order valence-electron chi connectivity index (χ4n) is 7.54. The minimum absolute atomic E-state index is 0.583. The van der Waals surface area contributed by atoms with Crippen molar-refractivity contribution in [2.24, 2.45) is 0 Å². The standard InChI is InChI=1S/C46H27N5/c47-27-30-16-22-44(51-42-14-5-3-11-37(42)38-12-4-6-15-43(38)51)40(24-30)34-10-7-9-33(26-34)32-18-20-36(21-19-32)50-45-23-17-31(28-48)25-41(45)39-13-2-1-8-35(29-49)46(39)50/h2-26H,1H2. The van der Waals surface area contributed by atoms with Crippen LogP contribution in [0.2, 0.25) is 0 Å². The summed E-state index contributed by atoms with van der Waals surface area (Å²) in [5, 5.41) is 33.0. The van der Waals surface area contributed by atoms with Crippen LogP contribution >= 0.6 is 0 Å². The van der Waals surface area contributed by atoms with Gasteiger partial charge in [-0.05, 0) is 89.8 Å². The van der Waals surface area contributed by atoms with Crippen LogP contribution in [0.4, 0.5) is 0 Å². The number of nitriles is 3. The molecule has 0 spiro atoms. The van der Waals surface area contributed by atoms with E-state index in [0.29, 0.717) is 23.1 Å². The first-order valence-electron chi connectivity index (χ1n) is 16.8. The third-order valence-corrected chi connectivity index (χ3v) is 9.83. The summed E-state index contributed by atoms with van der Waals surface area (Å²) in [6, 6.07) is 52.4. The number of hydrogen-bond donors (Lipinski definition) is 0. The van der Waals surface area contributed by atoms with E-state index in [4.69, 9.17) is 0 Å². The summed E-state index contributed by atoms with van der Waals surface area (Å²) in [4.78, 5) is 0. The number of nitrogens with zero attached hydrogens (tertiary/aromatic N) is 5. The van der Waals surface area contributed by atoms with Crippen molar-refractivity contribution in [3.8, 4) is 51.8 Å². The lowest BCUT2D eigenvalue weighted by molar-refractivity contribution is 1.10. The predicted molar refractivity (Wildman–Crippen MR) is 205 cm³/mol. The second kappa shape index (κ2) is 11.9. The maximum Gasteiger partial charge on any atom is 0.101 e. The molecule has 5 nitrogen and oxygen atoms in total. The van der Waals surface area contributed by atoms with Gasteiger partial charge in [-0.2, -0.15) is 15.8 Å². The van der Waals surface area contributed by atoms with Gasteiger partial charge < -0.3 is 9.13 Å². The Kier molecular flexibility index (Phi) is 6.96. The number of rotatable bonds is 4. The lowest BCUT2D eigenvalue weighted by atomic mass is 9.96. The van der Waals surface area contributed by atoms with Crippen LogP contribution in [0.25, 0.3) is 78.0 Å². The van der Waals surface area contributed by atoms with Crippen molar-refractivity contribution in [2.45, 2.75) is 6.42 Å².